The average molecular weight is 261 g/mol. The Kier molecular flexibility index (Phi) is 2.38. The zero-order chi connectivity index (χ0) is 12.9. The highest BCUT2D eigenvalue weighted by Crippen LogP contribution is 2.34. The van der Waals surface area contributed by atoms with E-state index in [1.807, 2.05) is 18.2 Å². The lowest BCUT2D eigenvalue weighted by atomic mass is 10.1. The van der Waals surface area contributed by atoms with E-state index < -0.39 is 0 Å². The van der Waals surface area contributed by atoms with Gasteiger partial charge in [0.25, 0.3) is 0 Å². The van der Waals surface area contributed by atoms with E-state index in [2.05, 4.69) is 4.98 Å². The highest BCUT2D eigenvalue weighted by atomic mass is 32.1. The molecule has 0 fully saturated rings. The molecule has 0 saturated carbocycles. The zero-order valence-corrected chi connectivity index (χ0v) is 10.9. The number of hydrogen-bond donors (Lipinski definition) is 1. The van der Waals surface area contributed by atoms with Crippen molar-refractivity contribution in [3.05, 3.63) is 40.7 Å². The highest BCUT2D eigenvalue weighted by molar-refractivity contribution is 7.17. The minimum Gasteiger partial charge on any atom is -0.383 e. The lowest BCUT2D eigenvalue weighted by Crippen LogP contribution is -1.96. The molecule has 5 heteroatoms. The van der Waals surface area contributed by atoms with Gasteiger partial charge in [-0.2, -0.15) is 0 Å². The van der Waals surface area contributed by atoms with E-state index in [1.54, 1.807) is 23.5 Å². The Balaban J connectivity index is 2.33. The van der Waals surface area contributed by atoms with E-state index in [0.29, 0.717) is 5.82 Å². The molecule has 3 nitrogen and oxygen atoms in total. The minimum absolute atomic E-state index is 0.238. The van der Waals surface area contributed by atoms with Crippen LogP contribution in [0.5, 0.6) is 0 Å². The van der Waals surface area contributed by atoms with Crippen molar-refractivity contribution in [1.29, 1.82) is 0 Å². The summed E-state index contributed by atoms with van der Waals surface area (Å²) >= 11 is 1.59. The first-order valence-electron chi connectivity index (χ1n) is 5.58. The van der Waals surface area contributed by atoms with Gasteiger partial charge in [-0.3, -0.25) is 4.40 Å². The molecule has 2 aromatic heterocycles. The third kappa shape index (κ3) is 1.51. The van der Waals surface area contributed by atoms with Gasteiger partial charge in [-0.05, 0) is 43.7 Å². The number of anilines is 1. The maximum Gasteiger partial charge on any atom is 0.196 e. The monoisotopic (exact) mass is 261 g/mol. The molecule has 0 bridgehead atoms. The number of fused-ring (bicyclic) bond motifs is 1. The first-order valence-corrected chi connectivity index (χ1v) is 6.39. The van der Waals surface area contributed by atoms with Crippen LogP contribution in [-0.2, 0) is 0 Å². The van der Waals surface area contributed by atoms with Crippen LogP contribution in [0, 0.1) is 19.7 Å². The molecule has 0 aliphatic rings. The van der Waals surface area contributed by atoms with Crippen molar-refractivity contribution in [3.63, 3.8) is 0 Å². The second-order valence-corrected chi connectivity index (χ2v) is 5.40. The van der Waals surface area contributed by atoms with Crippen LogP contribution >= 0.6 is 11.3 Å². The van der Waals surface area contributed by atoms with Crippen molar-refractivity contribution in [2.75, 3.05) is 5.73 Å². The quantitative estimate of drug-likeness (QED) is 0.729. The molecule has 3 rings (SSSR count). The van der Waals surface area contributed by atoms with Crippen LogP contribution in [0.1, 0.15) is 10.6 Å². The summed E-state index contributed by atoms with van der Waals surface area (Å²) in [6.07, 6.45) is 0. The fourth-order valence-corrected chi connectivity index (χ4v) is 3.13. The lowest BCUT2D eigenvalue weighted by Gasteiger charge is -2.03. The van der Waals surface area contributed by atoms with Crippen LogP contribution in [-0.4, -0.2) is 9.38 Å². The third-order valence-electron chi connectivity index (χ3n) is 2.99. The second kappa shape index (κ2) is 3.81. The van der Waals surface area contributed by atoms with E-state index in [-0.39, 0.29) is 5.82 Å². The van der Waals surface area contributed by atoms with E-state index in [1.165, 1.54) is 12.1 Å². The standard InChI is InChI=1S/C13H12FN3S/c1-7-12(15)17-11(8(2)18-13(17)16-7)9-3-5-10(14)6-4-9/h3-6H,15H2,1-2H3. The van der Waals surface area contributed by atoms with Gasteiger partial charge in [0, 0.05) is 4.88 Å². The molecule has 0 spiro atoms. The predicted octanol–water partition coefficient (Wildman–Crippen LogP) is 3.40. The van der Waals surface area contributed by atoms with Crippen molar-refractivity contribution in [2.24, 2.45) is 0 Å². The Bertz CT molecular complexity index is 725. The maximum atomic E-state index is 13.0. The minimum atomic E-state index is -0.238. The normalized spacial score (nSPS) is 11.3. The number of rotatable bonds is 1. The van der Waals surface area contributed by atoms with Gasteiger partial charge in [0.1, 0.15) is 11.6 Å². The summed E-state index contributed by atoms with van der Waals surface area (Å²) in [6, 6.07) is 6.44. The van der Waals surface area contributed by atoms with Crippen LogP contribution in [0.2, 0.25) is 0 Å². The lowest BCUT2D eigenvalue weighted by molar-refractivity contribution is 0.628. The molecule has 0 amide bonds. The summed E-state index contributed by atoms with van der Waals surface area (Å²) in [5.74, 6) is 0.409. The SMILES string of the molecule is Cc1nc2sc(C)c(-c3ccc(F)cc3)n2c1N. The molecule has 0 aliphatic heterocycles. The summed E-state index contributed by atoms with van der Waals surface area (Å²) in [4.78, 5) is 6.42. The van der Waals surface area contributed by atoms with Gasteiger partial charge < -0.3 is 5.73 Å². The molecule has 0 unspecified atom stereocenters. The number of aryl methyl sites for hydroxylation is 2. The molecule has 2 heterocycles. The zero-order valence-electron chi connectivity index (χ0n) is 10.1. The van der Waals surface area contributed by atoms with Crippen molar-refractivity contribution < 1.29 is 4.39 Å². The first-order chi connectivity index (χ1) is 8.58. The number of nitrogen functional groups attached to an aromatic ring is 1. The van der Waals surface area contributed by atoms with E-state index >= 15 is 0 Å². The Morgan fingerprint density at radius 2 is 1.89 bits per heavy atom. The van der Waals surface area contributed by atoms with Crippen LogP contribution in [0.4, 0.5) is 10.2 Å². The fraction of sp³-hybridized carbons (Fsp3) is 0.154. The summed E-state index contributed by atoms with van der Waals surface area (Å²) in [5, 5.41) is 0. The fourth-order valence-electron chi connectivity index (χ4n) is 2.08. The largest absolute Gasteiger partial charge is 0.383 e. The predicted molar refractivity (Wildman–Crippen MR) is 72.3 cm³/mol. The molecular weight excluding hydrogens is 249 g/mol. The van der Waals surface area contributed by atoms with Crippen molar-refractivity contribution in [1.82, 2.24) is 9.38 Å². The van der Waals surface area contributed by atoms with Gasteiger partial charge in [-0.25, -0.2) is 9.37 Å². The Morgan fingerprint density at radius 1 is 1.22 bits per heavy atom. The van der Waals surface area contributed by atoms with Crippen molar-refractivity contribution in [2.45, 2.75) is 13.8 Å². The van der Waals surface area contributed by atoms with Crippen LogP contribution in [0.3, 0.4) is 0 Å². The molecule has 3 aromatic rings. The molecule has 1 aromatic carbocycles. The molecule has 2 N–H and O–H groups in total. The molecule has 92 valence electrons. The van der Waals surface area contributed by atoms with Crippen LogP contribution in [0.25, 0.3) is 16.2 Å². The van der Waals surface area contributed by atoms with Gasteiger partial charge in [-0.1, -0.05) is 0 Å². The maximum absolute atomic E-state index is 13.0. The number of benzene rings is 1. The van der Waals surface area contributed by atoms with E-state index in [9.17, 15) is 4.39 Å². The number of halogens is 1. The van der Waals surface area contributed by atoms with Gasteiger partial charge in [-0.15, -0.1) is 11.3 Å². The smallest absolute Gasteiger partial charge is 0.196 e. The number of aromatic nitrogens is 2. The van der Waals surface area contributed by atoms with Gasteiger partial charge >= 0.3 is 0 Å². The molecular formula is C13H12FN3S. The molecule has 0 radical (unpaired) electrons. The third-order valence-corrected chi connectivity index (χ3v) is 3.94. The highest BCUT2D eigenvalue weighted by Gasteiger charge is 2.16. The van der Waals surface area contributed by atoms with Gasteiger partial charge in [0.2, 0.25) is 0 Å². The summed E-state index contributed by atoms with van der Waals surface area (Å²) in [6.45, 7) is 3.91. The van der Waals surface area contributed by atoms with Crippen LogP contribution in [0.15, 0.2) is 24.3 Å². The van der Waals surface area contributed by atoms with E-state index in [0.717, 1.165) is 26.8 Å². The Labute approximate surface area is 108 Å². The number of hydrogen-bond acceptors (Lipinski definition) is 3. The molecule has 0 saturated heterocycles. The number of thiazole rings is 1. The number of imidazole rings is 1. The van der Waals surface area contributed by atoms with Gasteiger partial charge in [0.15, 0.2) is 4.96 Å². The van der Waals surface area contributed by atoms with Crippen molar-refractivity contribution >= 4 is 22.1 Å². The number of nitrogens with two attached hydrogens (primary N) is 1. The van der Waals surface area contributed by atoms with E-state index in [4.69, 9.17) is 5.73 Å². The van der Waals surface area contributed by atoms with Crippen molar-refractivity contribution in [3.8, 4) is 11.3 Å². The molecule has 0 aliphatic carbocycles. The Hall–Kier alpha value is -1.88. The molecule has 18 heavy (non-hydrogen) atoms. The Morgan fingerprint density at radius 3 is 2.56 bits per heavy atom. The van der Waals surface area contributed by atoms with Gasteiger partial charge in [0.05, 0.1) is 11.4 Å². The molecule has 0 atom stereocenters. The topological polar surface area (TPSA) is 43.3 Å². The second-order valence-electron chi connectivity index (χ2n) is 4.21. The van der Waals surface area contributed by atoms with Crippen LogP contribution < -0.4 is 5.73 Å². The average Bonchev–Trinajstić information content (AvgIpc) is 2.78. The summed E-state index contributed by atoms with van der Waals surface area (Å²) in [7, 11) is 0. The summed E-state index contributed by atoms with van der Waals surface area (Å²) in [5.41, 5.74) is 8.82. The first kappa shape index (κ1) is 11.2. The summed E-state index contributed by atoms with van der Waals surface area (Å²) < 4.78 is 14.9. The number of nitrogens with zero attached hydrogens (tertiary/aromatic N) is 2.